The topological polar surface area (TPSA) is 78.9 Å². The van der Waals surface area contributed by atoms with Gasteiger partial charge in [0.15, 0.2) is 6.10 Å². The second-order valence-electron chi connectivity index (χ2n) is 25.2. The van der Waals surface area contributed by atoms with E-state index in [0.717, 1.165) is 70.6 Å². The fourth-order valence-electron chi connectivity index (χ4n) is 11.3. The number of carbonyl (C=O) groups is 3. The SMILES string of the molecule is CCCCCCC/C=C\C/C=C\CCCCCCCCCCCCCC(=O)OC(COC(=O)CCCCCCC/C=C\CCCCCCCC)COC(=O)CCCCCCCCCCCCCCCCCCCCCCCCCCCC. The monoisotopic (exact) mass is 1150 g/mol. The molecule has 0 aromatic carbocycles. The molecule has 0 radical (unpaired) electrons. The van der Waals surface area contributed by atoms with E-state index in [1.807, 2.05) is 0 Å². The third-order valence-corrected chi connectivity index (χ3v) is 16.9. The lowest BCUT2D eigenvalue weighted by Crippen LogP contribution is -2.30. The smallest absolute Gasteiger partial charge is 0.306 e. The highest BCUT2D eigenvalue weighted by Crippen LogP contribution is 2.19. The van der Waals surface area contributed by atoms with Crippen LogP contribution in [0.4, 0.5) is 0 Å². The Balaban J connectivity index is 4.25. The second kappa shape index (κ2) is 71.1. The van der Waals surface area contributed by atoms with Crippen LogP contribution in [0.2, 0.25) is 0 Å². The first-order valence-electron chi connectivity index (χ1n) is 37.0. The van der Waals surface area contributed by atoms with Gasteiger partial charge in [-0.1, -0.05) is 353 Å². The first kappa shape index (κ1) is 79.6. The molecular weight excluding hydrogens is 1010 g/mol. The number of ether oxygens (including phenoxy) is 3. The molecule has 0 aliphatic rings. The number of hydrogen-bond acceptors (Lipinski definition) is 6. The van der Waals surface area contributed by atoms with E-state index < -0.39 is 6.10 Å². The van der Waals surface area contributed by atoms with Gasteiger partial charge in [0.2, 0.25) is 0 Å². The van der Waals surface area contributed by atoms with Gasteiger partial charge in [-0.25, -0.2) is 0 Å². The van der Waals surface area contributed by atoms with Gasteiger partial charge in [0, 0.05) is 19.3 Å². The van der Waals surface area contributed by atoms with E-state index >= 15 is 0 Å². The minimum Gasteiger partial charge on any atom is -0.462 e. The van der Waals surface area contributed by atoms with Gasteiger partial charge in [-0.2, -0.15) is 0 Å². The molecule has 1 atom stereocenters. The van der Waals surface area contributed by atoms with Crippen molar-refractivity contribution in [3.8, 4) is 0 Å². The fourth-order valence-corrected chi connectivity index (χ4v) is 11.3. The molecule has 0 N–H and O–H groups in total. The molecule has 0 spiro atoms. The van der Waals surface area contributed by atoms with E-state index in [-0.39, 0.29) is 31.1 Å². The van der Waals surface area contributed by atoms with Crippen LogP contribution >= 0.6 is 0 Å². The third kappa shape index (κ3) is 68.4. The maximum absolute atomic E-state index is 13.0. The quantitative estimate of drug-likeness (QED) is 0.0261. The Kier molecular flexibility index (Phi) is 69.1. The van der Waals surface area contributed by atoms with Gasteiger partial charge in [-0.15, -0.1) is 0 Å². The van der Waals surface area contributed by atoms with Crippen LogP contribution in [0.25, 0.3) is 0 Å². The molecule has 0 heterocycles. The Bertz CT molecular complexity index is 1370. The summed E-state index contributed by atoms with van der Waals surface area (Å²) in [6, 6.07) is 0. The number of carbonyl (C=O) groups excluding carboxylic acids is 3. The maximum Gasteiger partial charge on any atom is 0.306 e. The molecule has 0 saturated heterocycles. The summed E-state index contributed by atoms with van der Waals surface area (Å²) in [7, 11) is 0. The van der Waals surface area contributed by atoms with Crippen molar-refractivity contribution >= 4 is 17.9 Å². The van der Waals surface area contributed by atoms with Crippen LogP contribution in [0.5, 0.6) is 0 Å². The van der Waals surface area contributed by atoms with Crippen molar-refractivity contribution in [3.05, 3.63) is 36.5 Å². The van der Waals surface area contributed by atoms with Crippen molar-refractivity contribution in [2.45, 2.75) is 419 Å². The molecule has 0 aliphatic carbocycles. The lowest BCUT2D eigenvalue weighted by molar-refractivity contribution is -0.167. The molecule has 0 rings (SSSR count). The minimum absolute atomic E-state index is 0.0704. The van der Waals surface area contributed by atoms with E-state index in [4.69, 9.17) is 14.2 Å². The molecular formula is C76H142O6. The minimum atomic E-state index is -0.776. The summed E-state index contributed by atoms with van der Waals surface area (Å²) in [6.45, 7) is 6.70. The highest BCUT2D eigenvalue weighted by Gasteiger charge is 2.19. The first-order valence-corrected chi connectivity index (χ1v) is 37.0. The summed E-state index contributed by atoms with van der Waals surface area (Å²) in [5.74, 6) is -0.850. The molecule has 0 aromatic rings. The zero-order chi connectivity index (χ0) is 59.2. The molecule has 1 unspecified atom stereocenters. The van der Waals surface area contributed by atoms with Gasteiger partial charge >= 0.3 is 17.9 Å². The van der Waals surface area contributed by atoms with E-state index in [1.54, 1.807) is 0 Å². The molecule has 482 valence electrons. The number of rotatable bonds is 69. The van der Waals surface area contributed by atoms with Crippen molar-refractivity contribution < 1.29 is 28.6 Å². The standard InChI is InChI=1S/C76H142O6/c1-4-7-10-13-16-19-22-25-28-30-32-34-36-37-38-40-41-43-45-48-51-54-57-60-63-66-69-75(78)81-72-73(71-80-74(77)68-65-62-59-56-53-50-47-27-24-21-18-15-12-9-6-3)82-76(79)70-67-64-61-58-55-52-49-46-44-42-39-35-33-31-29-26-23-20-17-14-11-8-5-2/h23,26-27,31,33,47,73H,4-22,24-25,28-30,32,34-46,48-72H2,1-3H3/b26-23-,33-31-,47-27-. The highest BCUT2D eigenvalue weighted by atomic mass is 16.6. The predicted molar refractivity (Wildman–Crippen MR) is 358 cm³/mol. The van der Waals surface area contributed by atoms with E-state index in [2.05, 4.69) is 57.2 Å². The number of hydrogen-bond donors (Lipinski definition) is 0. The number of unbranched alkanes of at least 4 members (excludes halogenated alkanes) is 52. The average molecular weight is 1150 g/mol. The molecule has 82 heavy (non-hydrogen) atoms. The maximum atomic E-state index is 13.0. The number of esters is 3. The van der Waals surface area contributed by atoms with Crippen LogP contribution in [0, 0.1) is 0 Å². The Morgan fingerprint density at radius 1 is 0.244 bits per heavy atom. The highest BCUT2D eigenvalue weighted by molar-refractivity contribution is 5.71. The van der Waals surface area contributed by atoms with E-state index in [1.165, 1.54) is 302 Å². The van der Waals surface area contributed by atoms with Crippen LogP contribution in [0.15, 0.2) is 36.5 Å². The van der Waals surface area contributed by atoms with Crippen LogP contribution in [-0.4, -0.2) is 37.2 Å². The number of allylic oxidation sites excluding steroid dienone is 6. The Morgan fingerprint density at radius 3 is 0.683 bits per heavy atom. The average Bonchev–Trinajstić information content (AvgIpc) is 3.47. The van der Waals surface area contributed by atoms with Crippen LogP contribution < -0.4 is 0 Å². The Hall–Kier alpha value is -2.37. The molecule has 0 aliphatic heterocycles. The zero-order valence-electron chi connectivity index (χ0n) is 55.5. The van der Waals surface area contributed by atoms with E-state index in [0.29, 0.717) is 19.3 Å². The molecule has 0 amide bonds. The molecule has 0 fully saturated rings. The molecule has 0 aromatic heterocycles. The summed E-state index contributed by atoms with van der Waals surface area (Å²) in [5, 5.41) is 0. The van der Waals surface area contributed by atoms with E-state index in [9.17, 15) is 14.4 Å². The summed E-state index contributed by atoms with van der Waals surface area (Å²) < 4.78 is 17.0. The van der Waals surface area contributed by atoms with Gasteiger partial charge in [-0.3, -0.25) is 14.4 Å². The summed E-state index contributed by atoms with van der Waals surface area (Å²) >= 11 is 0. The van der Waals surface area contributed by atoms with Crippen molar-refractivity contribution in [2.24, 2.45) is 0 Å². The van der Waals surface area contributed by atoms with Crippen LogP contribution in [-0.2, 0) is 28.6 Å². The molecule has 6 heteroatoms. The normalized spacial score (nSPS) is 12.2. The largest absolute Gasteiger partial charge is 0.462 e. The zero-order valence-corrected chi connectivity index (χ0v) is 55.5. The fraction of sp³-hybridized carbons (Fsp3) is 0.882. The van der Waals surface area contributed by atoms with Crippen molar-refractivity contribution in [1.82, 2.24) is 0 Å². The van der Waals surface area contributed by atoms with Crippen LogP contribution in [0.3, 0.4) is 0 Å². The van der Waals surface area contributed by atoms with Crippen molar-refractivity contribution in [2.75, 3.05) is 13.2 Å². The van der Waals surface area contributed by atoms with Crippen LogP contribution in [0.1, 0.15) is 412 Å². The predicted octanol–water partition coefficient (Wildman–Crippen LogP) is 25.5. The molecule has 0 saturated carbocycles. The van der Waals surface area contributed by atoms with Crippen molar-refractivity contribution in [1.29, 1.82) is 0 Å². The third-order valence-electron chi connectivity index (χ3n) is 16.9. The summed E-state index contributed by atoms with van der Waals surface area (Å²) in [6.07, 6.45) is 89.0. The molecule has 0 bridgehead atoms. The van der Waals surface area contributed by atoms with Crippen molar-refractivity contribution in [3.63, 3.8) is 0 Å². The van der Waals surface area contributed by atoms with Gasteiger partial charge in [-0.05, 0) is 77.0 Å². The lowest BCUT2D eigenvalue weighted by Gasteiger charge is -2.18. The van der Waals surface area contributed by atoms with Gasteiger partial charge < -0.3 is 14.2 Å². The molecule has 6 nitrogen and oxygen atoms in total. The van der Waals surface area contributed by atoms with Gasteiger partial charge in [0.1, 0.15) is 13.2 Å². The Morgan fingerprint density at radius 2 is 0.439 bits per heavy atom. The summed E-state index contributed by atoms with van der Waals surface area (Å²) in [5.41, 5.74) is 0. The second-order valence-corrected chi connectivity index (χ2v) is 25.2. The Labute approximate surface area is 512 Å². The van der Waals surface area contributed by atoms with Gasteiger partial charge in [0.05, 0.1) is 0 Å². The lowest BCUT2D eigenvalue weighted by atomic mass is 10.0. The first-order chi connectivity index (χ1) is 40.5. The van der Waals surface area contributed by atoms with Gasteiger partial charge in [0.25, 0.3) is 0 Å². The summed E-state index contributed by atoms with van der Waals surface area (Å²) in [4.78, 5) is 38.5.